The summed E-state index contributed by atoms with van der Waals surface area (Å²) in [7, 11) is 0. The summed E-state index contributed by atoms with van der Waals surface area (Å²) in [6.45, 7) is 4.49. The molecule has 0 radical (unpaired) electrons. The van der Waals surface area contributed by atoms with Gasteiger partial charge in [0.05, 0.1) is 41.8 Å². The molecule has 0 amide bonds. The Kier molecular flexibility index (Phi) is 7.26. The zero-order chi connectivity index (χ0) is 24.6. The van der Waals surface area contributed by atoms with Gasteiger partial charge in [0.15, 0.2) is 5.82 Å². The second-order valence-corrected chi connectivity index (χ2v) is 8.25. The van der Waals surface area contributed by atoms with Gasteiger partial charge in [-0.15, -0.1) is 5.10 Å². The Balaban J connectivity index is 1.65. The normalized spacial score (nSPS) is 10.5. The lowest BCUT2D eigenvalue weighted by Gasteiger charge is -2.17. The molecule has 0 fully saturated rings. The highest BCUT2D eigenvalue weighted by Gasteiger charge is 2.12. The van der Waals surface area contributed by atoms with Crippen LogP contribution in [0.1, 0.15) is 27.9 Å². The minimum absolute atomic E-state index is 0.405. The SMILES string of the molecule is Cc1cc(/C=C/C#N)cc(C)c1Nc1nc(Nc2ccc(C#N)cc2)ncc1NCc1csnn1. The molecular weight excluding hydrogens is 458 g/mol. The molecule has 2 aromatic carbocycles. The van der Waals surface area contributed by atoms with Crippen LogP contribution >= 0.6 is 11.5 Å². The molecule has 0 spiro atoms. The van der Waals surface area contributed by atoms with Crippen molar-refractivity contribution in [1.29, 1.82) is 10.5 Å². The van der Waals surface area contributed by atoms with Gasteiger partial charge >= 0.3 is 0 Å². The molecule has 0 aliphatic carbocycles. The summed E-state index contributed by atoms with van der Waals surface area (Å²) in [6, 6.07) is 15.2. The molecule has 0 bridgehead atoms. The Morgan fingerprint density at radius 2 is 1.83 bits per heavy atom. The van der Waals surface area contributed by atoms with Gasteiger partial charge in [-0.2, -0.15) is 15.5 Å². The van der Waals surface area contributed by atoms with Crippen LogP contribution in [0.4, 0.5) is 28.8 Å². The lowest BCUT2D eigenvalue weighted by Crippen LogP contribution is -2.08. The van der Waals surface area contributed by atoms with Gasteiger partial charge in [-0.05, 0) is 84.5 Å². The first-order chi connectivity index (χ1) is 17.1. The van der Waals surface area contributed by atoms with E-state index in [0.717, 1.165) is 33.8 Å². The molecule has 35 heavy (non-hydrogen) atoms. The molecule has 3 N–H and O–H groups in total. The number of allylic oxidation sites excluding steroid dienone is 1. The van der Waals surface area contributed by atoms with E-state index >= 15 is 0 Å². The third kappa shape index (κ3) is 5.96. The van der Waals surface area contributed by atoms with Gasteiger partial charge in [0.25, 0.3) is 0 Å². The average Bonchev–Trinajstić information content (AvgIpc) is 3.38. The third-order valence-electron chi connectivity index (χ3n) is 5.07. The molecule has 2 heterocycles. The summed E-state index contributed by atoms with van der Waals surface area (Å²) in [5.74, 6) is 0.993. The number of aryl methyl sites for hydroxylation is 2. The van der Waals surface area contributed by atoms with Crippen molar-refractivity contribution >= 4 is 46.4 Å². The monoisotopic (exact) mass is 479 g/mol. The molecule has 0 saturated heterocycles. The van der Waals surface area contributed by atoms with Crippen LogP contribution in [0.2, 0.25) is 0 Å². The number of hydrogen-bond acceptors (Lipinski definition) is 10. The molecule has 9 nitrogen and oxygen atoms in total. The summed E-state index contributed by atoms with van der Waals surface area (Å²) in [5.41, 5.74) is 6.76. The second-order valence-electron chi connectivity index (χ2n) is 7.64. The van der Waals surface area contributed by atoms with Gasteiger partial charge in [0.2, 0.25) is 5.95 Å². The molecule has 0 aliphatic rings. The summed E-state index contributed by atoms with van der Waals surface area (Å²) in [4.78, 5) is 9.16. The number of nitriles is 2. The molecule has 0 aliphatic heterocycles. The van der Waals surface area contributed by atoms with E-state index < -0.39 is 0 Å². The predicted octanol–water partition coefficient (Wildman–Crippen LogP) is 5.45. The van der Waals surface area contributed by atoms with E-state index in [-0.39, 0.29) is 0 Å². The number of nitrogens with zero attached hydrogens (tertiary/aromatic N) is 6. The zero-order valence-electron chi connectivity index (χ0n) is 19.1. The minimum atomic E-state index is 0.405. The lowest BCUT2D eigenvalue weighted by molar-refractivity contribution is 0.993. The maximum atomic E-state index is 9.01. The number of anilines is 5. The summed E-state index contributed by atoms with van der Waals surface area (Å²) < 4.78 is 3.90. The topological polar surface area (TPSA) is 135 Å². The maximum absolute atomic E-state index is 9.01. The highest BCUT2D eigenvalue weighted by atomic mass is 32.1. The van der Waals surface area contributed by atoms with E-state index in [2.05, 4.69) is 36.6 Å². The number of benzene rings is 2. The van der Waals surface area contributed by atoms with Crippen LogP contribution in [0.5, 0.6) is 0 Å². The van der Waals surface area contributed by atoms with E-state index in [1.54, 1.807) is 36.5 Å². The first-order valence-corrected chi connectivity index (χ1v) is 11.5. The largest absolute Gasteiger partial charge is 0.375 e. The van der Waals surface area contributed by atoms with Crippen molar-refractivity contribution in [3.63, 3.8) is 0 Å². The van der Waals surface area contributed by atoms with E-state index in [1.807, 2.05) is 37.4 Å². The maximum Gasteiger partial charge on any atom is 0.229 e. The van der Waals surface area contributed by atoms with Gasteiger partial charge < -0.3 is 16.0 Å². The van der Waals surface area contributed by atoms with Gasteiger partial charge in [-0.1, -0.05) is 4.49 Å². The molecule has 0 unspecified atom stereocenters. The summed E-state index contributed by atoms with van der Waals surface area (Å²) in [6.07, 6.45) is 4.95. The molecule has 172 valence electrons. The van der Waals surface area contributed by atoms with E-state index in [9.17, 15) is 0 Å². The van der Waals surface area contributed by atoms with Crippen molar-refractivity contribution in [1.82, 2.24) is 19.6 Å². The molecule has 4 rings (SSSR count). The average molecular weight is 480 g/mol. The fourth-order valence-corrected chi connectivity index (χ4v) is 3.86. The Morgan fingerprint density at radius 3 is 2.49 bits per heavy atom. The van der Waals surface area contributed by atoms with Gasteiger partial charge in [0, 0.05) is 22.8 Å². The number of nitrogens with one attached hydrogen (secondary N) is 3. The first kappa shape index (κ1) is 23.4. The molecule has 0 saturated carbocycles. The quantitative estimate of drug-likeness (QED) is 0.282. The van der Waals surface area contributed by atoms with Gasteiger partial charge in [-0.25, -0.2) is 4.98 Å². The van der Waals surface area contributed by atoms with Crippen molar-refractivity contribution in [2.24, 2.45) is 0 Å². The van der Waals surface area contributed by atoms with Gasteiger partial charge in [-0.3, -0.25) is 0 Å². The predicted molar refractivity (Wildman–Crippen MR) is 138 cm³/mol. The fraction of sp³-hybridized carbons (Fsp3) is 0.120. The number of aromatic nitrogens is 4. The lowest BCUT2D eigenvalue weighted by atomic mass is 10.0. The minimum Gasteiger partial charge on any atom is -0.375 e. The van der Waals surface area contributed by atoms with E-state index in [4.69, 9.17) is 15.5 Å². The third-order valence-corrected chi connectivity index (χ3v) is 5.63. The molecule has 2 aromatic heterocycles. The van der Waals surface area contributed by atoms with Crippen LogP contribution < -0.4 is 16.0 Å². The van der Waals surface area contributed by atoms with Crippen LogP contribution in [0.25, 0.3) is 6.08 Å². The Morgan fingerprint density at radius 1 is 1.06 bits per heavy atom. The highest BCUT2D eigenvalue weighted by molar-refractivity contribution is 7.03. The smallest absolute Gasteiger partial charge is 0.229 e. The van der Waals surface area contributed by atoms with E-state index in [1.165, 1.54) is 17.6 Å². The van der Waals surface area contributed by atoms with Crippen molar-refractivity contribution in [3.05, 3.63) is 82.0 Å². The zero-order valence-corrected chi connectivity index (χ0v) is 19.9. The van der Waals surface area contributed by atoms with Gasteiger partial charge in [0.1, 0.15) is 0 Å². The number of rotatable bonds is 8. The molecule has 10 heteroatoms. The number of hydrogen-bond donors (Lipinski definition) is 3. The Labute approximate surface area is 207 Å². The van der Waals surface area contributed by atoms with Crippen molar-refractivity contribution < 1.29 is 0 Å². The van der Waals surface area contributed by atoms with Crippen LogP contribution in [0.3, 0.4) is 0 Å². The first-order valence-electron chi connectivity index (χ1n) is 10.6. The van der Waals surface area contributed by atoms with Crippen LogP contribution in [-0.2, 0) is 6.54 Å². The molecular formula is C25H21N9S. The van der Waals surface area contributed by atoms with Crippen molar-refractivity contribution in [2.75, 3.05) is 16.0 Å². The fourth-order valence-electron chi connectivity index (χ4n) is 3.41. The summed E-state index contributed by atoms with van der Waals surface area (Å²) >= 11 is 1.29. The Bertz CT molecular complexity index is 1410. The van der Waals surface area contributed by atoms with Crippen LogP contribution in [-0.4, -0.2) is 19.6 Å². The summed E-state index contributed by atoms with van der Waals surface area (Å²) in [5, 5.41) is 33.7. The van der Waals surface area contributed by atoms with E-state index in [0.29, 0.717) is 29.6 Å². The molecule has 0 atom stereocenters. The van der Waals surface area contributed by atoms with Crippen molar-refractivity contribution in [2.45, 2.75) is 20.4 Å². The second kappa shape index (κ2) is 10.9. The standard InChI is InChI=1S/C25H21N9S/c1-16-10-19(4-3-9-26)11-17(2)23(16)31-24-22(28-13-21-15-35-34-33-21)14-29-25(32-24)30-20-7-5-18(12-27)6-8-20/h3-8,10-11,14-15,28H,13H2,1-2H3,(H2,29,30,31,32)/b4-3+. The van der Waals surface area contributed by atoms with Crippen LogP contribution in [0, 0.1) is 36.5 Å². The van der Waals surface area contributed by atoms with Crippen molar-refractivity contribution in [3.8, 4) is 12.1 Å². The molecule has 4 aromatic rings. The Hall–Kier alpha value is -4.80. The highest BCUT2D eigenvalue weighted by Crippen LogP contribution is 2.30. The van der Waals surface area contributed by atoms with Crippen LogP contribution in [0.15, 0.2) is 54.1 Å².